The largest absolute Gasteiger partial charge is 0.496 e. The third-order valence-electron chi connectivity index (χ3n) is 7.06. The molecule has 5 rings (SSSR count). The fourth-order valence-corrected chi connectivity index (χ4v) is 6.37. The Hall–Kier alpha value is -3.74. The lowest BCUT2D eigenvalue weighted by molar-refractivity contribution is -0.136. The number of likely N-dealkylation sites (tertiary alicyclic amines) is 1. The van der Waals surface area contributed by atoms with E-state index in [1.54, 1.807) is 32.0 Å². The van der Waals surface area contributed by atoms with E-state index in [0.717, 1.165) is 4.57 Å². The average Bonchev–Trinajstić information content (AvgIpc) is 3.59. The Balaban J connectivity index is 1.76. The van der Waals surface area contributed by atoms with Gasteiger partial charge in [-0.3, -0.25) is 14.2 Å². The molecule has 0 unspecified atom stereocenters. The van der Waals surface area contributed by atoms with Crippen molar-refractivity contribution >= 4 is 27.5 Å². The molecule has 1 saturated heterocycles. The lowest BCUT2D eigenvalue weighted by Gasteiger charge is -2.30. The maximum atomic E-state index is 14.1. The molecule has 0 aliphatic carbocycles. The second-order valence-electron chi connectivity index (χ2n) is 9.38. The molecule has 1 fully saturated rings. The number of aromatic nitrogens is 3. The molecule has 0 radical (unpaired) electrons. The van der Waals surface area contributed by atoms with Crippen molar-refractivity contribution < 1.29 is 23.8 Å². The predicted octanol–water partition coefficient (Wildman–Crippen LogP) is 2.74. The number of hydrogen-bond acceptors (Lipinski definition) is 9. The molecule has 11 nitrogen and oxygen atoms in total. The number of nitrogens with zero attached hydrogens (tertiary/aromatic N) is 4. The third-order valence-corrected chi connectivity index (χ3v) is 8.36. The minimum absolute atomic E-state index is 0.0116. The molecular weight excluding hydrogens is 524 g/mol. The van der Waals surface area contributed by atoms with Crippen molar-refractivity contribution in [1.29, 1.82) is 0 Å². The molecule has 0 spiro atoms. The molecule has 1 aliphatic rings. The van der Waals surface area contributed by atoms with E-state index in [0.29, 0.717) is 57.2 Å². The fraction of sp³-hybridized carbons (Fsp3) is 0.407. The zero-order valence-corrected chi connectivity index (χ0v) is 22.8. The molecule has 206 valence electrons. The number of amides is 1. The molecule has 4 aromatic rings. The zero-order chi connectivity index (χ0) is 27.7. The SMILES string of the molecule is COc1ccccc1[C@H](Cn1c(=O)n([C@H]2CCCN(C)C2=O)c(=O)c2c(C)c(-c3ncco3)sc21)OCCO. The molecular formula is C27H30N4O7S. The van der Waals surface area contributed by atoms with Crippen LogP contribution in [0.5, 0.6) is 5.75 Å². The van der Waals surface area contributed by atoms with Crippen LogP contribution in [0.1, 0.15) is 36.1 Å². The normalized spacial score (nSPS) is 16.7. The van der Waals surface area contributed by atoms with Crippen LogP contribution >= 0.6 is 11.3 Å². The van der Waals surface area contributed by atoms with Crippen LogP contribution in [-0.4, -0.2) is 63.9 Å². The summed E-state index contributed by atoms with van der Waals surface area (Å²) in [5.41, 5.74) is 0.179. The first-order valence-electron chi connectivity index (χ1n) is 12.7. The number of para-hydroxylation sites is 1. The standard InChI is InChI=1S/C27H30N4O7S/c1-16-21-25(34)31(18-8-6-11-29(2)24(18)33)27(35)30(26(21)39-22(16)23-28-10-13-38-23)15-20(37-14-12-32)17-7-4-5-9-19(17)36-3/h4-5,7,9-10,13,18,20,32H,6,8,11-12,14-15H2,1-3H3/t18-,20-/m0/s1. The molecule has 3 aromatic heterocycles. The number of fused-ring (bicyclic) bond motifs is 1. The number of thiophene rings is 1. The highest BCUT2D eigenvalue weighted by Gasteiger charge is 2.33. The van der Waals surface area contributed by atoms with Gasteiger partial charge in [-0.15, -0.1) is 11.3 Å². The molecule has 1 amide bonds. The van der Waals surface area contributed by atoms with Crippen molar-refractivity contribution in [3.05, 3.63) is 68.7 Å². The number of ether oxygens (including phenoxy) is 2. The minimum Gasteiger partial charge on any atom is -0.496 e. The maximum absolute atomic E-state index is 14.1. The van der Waals surface area contributed by atoms with E-state index >= 15 is 0 Å². The molecule has 1 N–H and O–H groups in total. The van der Waals surface area contributed by atoms with Crippen LogP contribution < -0.4 is 16.0 Å². The molecule has 39 heavy (non-hydrogen) atoms. The van der Waals surface area contributed by atoms with E-state index in [2.05, 4.69) is 4.98 Å². The number of benzene rings is 1. The van der Waals surface area contributed by atoms with Crippen LogP contribution in [0.25, 0.3) is 21.0 Å². The van der Waals surface area contributed by atoms with Gasteiger partial charge in [-0.2, -0.15) is 0 Å². The summed E-state index contributed by atoms with van der Waals surface area (Å²) in [6.45, 7) is 2.17. The first kappa shape index (κ1) is 26.9. The van der Waals surface area contributed by atoms with Gasteiger partial charge in [0.1, 0.15) is 29.0 Å². The van der Waals surface area contributed by atoms with Crippen molar-refractivity contribution in [3.8, 4) is 16.5 Å². The summed E-state index contributed by atoms with van der Waals surface area (Å²) in [4.78, 5) is 48.1. The first-order valence-corrected chi connectivity index (χ1v) is 13.5. The van der Waals surface area contributed by atoms with Crippen LogP contribution in [0.15, 0.2) is 50.7 Å². The predicted molar refractivity (Wildman–Crippen MR) is 145 cm³/mol. The first-order chi connectivity index (χ1) is 18.9. The van der Waals surface area contributed by atoms with E-state index in [9.17, 15) is 19.5 Å². The Bertz CT molecular complexity index is 1600. The Kier molecular flexibility index (Phi) is 7.69. The quantitative estimate of drug-likeness (QED) is 0.334. The van der Waals surface area contributed by atoms with Crippen LogP contribution in [-0.2, 0) is 16.1 Å². The molecule has 0 bridgehead atoms. The van der Waals surface area contributed by atoms with E-state index in [-0.39, 0.29) is 25.7 Å². The second-order valence-corrected chi connectivity index (χ2v) is 10.4. The topological polar surface area (TPSA) is 129 Å². The summed E-state index contributed by atoms with van der Waals surface area (Å²) in [6, 6.07) is 6.37. The van der Waals surface area contributed by atoms with Gasteiger partial charge in [-0.05, 0) is 31.4 Å². The molecule has 2 atom stereocenters. The smallest absolute Gasteiger partial charge is 0.332 e. The summed E-state index contributed by atoms with van der Waals surface area (Å²) in [5.74, 6) is 0.625. The lowest BCUT2D eigenvalue weighted by Crippen LogP contribution is -2.49. The van der Waals surface area contributed by atoms with E-state index in [1.165, 1.54) is 28.4 Å². The number of carbonyl (C=O) groups is 1. The number of aliphatic hydroxyl groups is 1. The highest BCUT2D eigenvalue weighted by atomic mass is 32.1. The van der Waals surface area contributed by atoms with Gasteiger partial charge in [-0.25, -0.2) is 14.3 Å². The fourth-order valence-electron chi connectivity index (χ4n) is 5.12. The van der Waals surface area contributed by atoms with Crippen molar-refractivity contribution in [1.82, 2.24) is 19.0 Å². The van der Waals surface area contributed by atoms with Crippen LogP contribution in [0.3, 0.4) is 0 Å². The number of rotatable bonds is 9. The van der Waals surface area contributed by atoms with Gasteiger partial charge in [-0.1, -0.05) is 18.2 Å². The summed E-state index contributed by atoms with van der Waals surface area (Å²) in [6.07, 6.45) is 3.32. The number of aliphatic hydroxyl groups excluding tert-OH is 1. The van der Waals surface area contributed by atoms with E-state index in [1.807, 2.05) is 18.2 Å². The minimum atomic E-state index is -0.910. The van der Waals surface area contributed by atoms with Gasteiger partial charge in [0, 0.05) is 19.2 Å². The third kappa shape index (κ3) is 4.79. The maximum Gasteiger partial charge on any atom is 0.332 e. The Labute approximate surface area is 227 Å². The van der Waals surface area contributed by atoms with Crippen LogP contribution in [0.2, 0.25) is 0 Å². The lowest BCUT2D eigenvalue weighted by atomic mass is 10.0. The number of piperidine rings is 1. The number of oxazole rings is 1. The van der Waals surface area contributed by atoms with Crippen molar-refractivity contribution in [2.75, 3.05) is 33.9 Å². The van der Waals surface area contributed by atoms with Gasteiger partial charge in [0.05, 0.1) is 43.3 Å². The molecule has 1 aromatic carbocycles. The second kappa shape index (κ2) is 11.2. The van der Waals surface area contributed by atoms with Gasteiger partial charge in [0.15, 0.2) is 0 Å². The van der Waals surface area contributed by atoms with Gasteiger partial charge >= 0.3 is 5.69 Å². The number of methoxy groups -OCH3 is 1. The van der Waals surface area contributed by atoms with E-state index in [4.69, 9.17) is 13.9 Å². The zero-order valence-electron chi connectivity index (χ0n) is 22.0. The summed E-state index contributed by atoms with van der Waals surface area (Å²) in [5, 5.41) is 9.83. The number of likely N-dealkylation sites (N-methyl/N-ethyl adjacent to an activating group) is 1. The van der Waals surface area contributed by atoms with Crippen LogP contribution in [0, 0.1) is 6.92 Å². The molecule has 1 aliphatic heterocycles. The summed E-state index contributed by atoms with van der Waals surface area (Å²) >= 11 is 1.23. The number of hydrogen-bond donors (Lipinski definition) is 1. The molecule has 4 heterocycles. The van der Waals surface area contributed by atoms with Gasteiger partial charge < -0.3 is 23.9 Å². The monoisotopic (exact) mass is 554 g/mol. The molecule has 12 heteroatoms. The van der Waals surface area contributed by atoms with Gasteiger partial charge in [0.2, 0.25) is 11.8 Å². The Morgan fingerprint density at radius 2 is 2.05 bits per heavy atom. The van der Waals surface area contributed by atoms with E-state index < -0.39 is 23.4 Å². The Morgan fingerprint density at radius 1 is 1.26 bits per heavy atom. The summed E-state index contributed by atoms with van der Waals surface area (Å²) < 4.78 is 19.7. The summed E-state index contributed by atoms with van der Waals surface area (Å²) in [7, 11) is 3.22. The van der Waals surface area contributed by atoms with Crippen LogP contribution in [0.4, 0.5) is 0 Å². The van der Waals surface area contributed by atoms with Crippen molar-refractivity contribution in [3.63, 3.8) is 0 Å². The van der Waals surface area contributed by atoms with Gasteiger partial charge in [0.25, 0.3) is 5.56 Å². The Morgan fingerprint density at radius 3 is 2.77 bits per heavy atom. The highest BCUT2D eigenvalue weighted by Crippen LogP contribution is 2.37. The average molecular weight is 555 g/mol. The number of aryl methyl sites for hydroxylation is 1. The van der Waals surface area contributed by atoms with Crippen molar-refractivity contribution in [2.24, 2.45) is 0 Å². The molecule has 0 saturated carbocycles. The highest BCUT2D eigenvalue weighted by molar-refractivity contribution is 7.22. The van der Waals surface area contributed by atoms with Crippen molar-refractivity contribution in [2.45, 2.75) is 38.5 Å². The number of carbonyl (C=O) groups excluding carboxylic acids is 1.